The van der Waals surface area contributed by atoms with Crippen LogP contribution in [0.2, 0.25) is 0 Å². The van der Waals surface area contributed by atoms with Crippen LogP contribution in [-0.2, 0) is 6.54 Å². The Morgan fingerprint density at radius 2 is 2.24 bits per heavy atom. The third-order valence-electron chi connectivity index (χ3n) is 2.65. The number of nitriles is 1. The maximum absolute atomic E-state index is 8.88. The molecule has 0 spiro atoms. The van der Waals surface area contributed by atoms with Crippen molar-refractivity contribution in [3.05, 3.63) is 47.8 Å². The maximum Gasteiger partial charge on any atom is 0.0992 e. The minimum Gasteiger partial charge on any atom is -0.397 e. The molecule has 1 aromatic heterocycles. The lowest BCUT2D eigenvalue weighted by Gasteiger charge is -2.20. The number of rotatable bonds is 3. The van der Waals surface area contributed by atoms with Gasteiger partial charge in [-0.05, 0) is 29.8 Å². The summed E-state index contributed by atoms with van der Waals surface area (Å²) in [6, 6.07) is 9.43. The van der Waals surface area contributed by atoms with Crippen molar-refractivity contribution < 1.29 is 0 Å². The van der Waals surface area contributed by atoms with E-state index >= 15 is 0 Å². The zero-order chi connectivity index (χ0) is 12.3. The third kappa shape index (κ3) is 2.40. The van der Waals surface area contributed by atoms with Gasteiger partial charge in [-0.15, -0.1) is 0 Å². The lowest BCUT2D eigenvalue weighted by molar-refractivity contribution is 0.926. The van der Waals surface area contributed by atoms with E-state index in [9.17, 15) is 0 Å². The number of aromatic amines is 1. The van der Waals surface area contributed by atoms with Crippen molar-refractivity contribution in [2.45, 2.75) is 6.54 Å². The van der Waals surface area contributed by atoms with Gasteiger partial charge in [0.1, 0.15) is 0 Å². The van der Waals surface area contributed by atoms with E-state index < -0.39 is 0 Å². The highest BCUT2D eigenvalue weighted by atomic mass is 15.1. The van der Waals surface area contributed by atoms with Gasteiger partial charge in [-0.3, -0.25) is 0 Å². The van der Waals surface area contributed by atoms with Gasteiger partial charge in [0.2, 0.25) is 0 Å². The van der Waals surface area contributed by atoms with E-state index in [0.29, 0.717) is 11.3 Å². The number of benzene rings is 1. The van der Waals surface area contributed by atoms with E-state index in [2.05, 4.69) is 11.1 Å². The van der Waals surface area contributed by atoms with Gasteiger partial charge in [0.05, 0.1) is 23.0 Å². The molecule has 0 bridgehead atoms. The van der Waals surface area contributed by atoms with E-state index in [1.165, 1.54) is 5.56 Å². The average molecular weight is 226 g/mol. The van der Waals surface area contributed by atoms with Crippen LogP contribution < -0.4 is 10.6 Å². The van der Waals surface area contributed by atoms with E-state index in [-0.39, 0.29) is 0 Å². The van der Waals surface area contributed by atoms with Crippen molar-refractivity contribution in [1.82, 2.24) is 4.98 Å². The van der Waals surface area contributed by atoms with Gasteiger partial charge in [0, 0.05) is 26.0 Å². The third-order valence-corrected chi connectivity index (χ3v) is 2.65. The molecule has 3 N–H and O–H groups in total. The molecule has 1 heterocycles. The Balaban J connectivity index is 2.24. The number of hydrogen-bond donors (Lipinski definition) is 2. The zero-order valence-electron chi connectivity index (χ0n) is 9.64. The van der Waals surface area contributed by atoms with Crippen LogP contribution in [-0.4, -0.2) is 12.0 Å². The number of H-pyrrole nitrogens is 1. The minimum atomic E-state index is 0.620. The summed E-state index contributed by atoms with van der Waals surface area (Å²) in [6.45, 7) is 0.753. The molecule has 86 valence electrons. The summed E-state index contributed by atoms with van der Waals surface area (Å²) in [5.74, 6) is 0. The second-order valence-corrected chi connectivity index (χ2v) is 3.96. The first-order chi connectivity index (χ1) is 8.20. The van der Waals surface area contributed by atoms with Crippen molar-refractivity contribution in [1.29, 1.82) is 5.26 Å². The molecule has 0 saturated heterocycles. The predicted octanol–water partition coefficient (Wildman–Crippen LogP) is 2.10. The first-order valence-corrected chi connectivity index (χ1v) is 5.33. The number of hydrogen-bond acceptors (Lipinski definition) is 3. The highest BCUT2D eigenvalue weighted by molar-refractivity contribution is 5.69. The van der Waals surface area contributed by atoms with Crippen LogP contribution in [0.1, 0.15) is 11.1 Å². The Bertz CT molecular complexity index is 537. The first-order valence-electron chi connectivity index (χ1n) is 5.33. The van der Waals surface area contributed by atoms with Gasteiger partial charge in [0.25, 0.3) is 0 Å². The smallest absolute Gasteiger partial charge is 0.0992 e. The maximum atomic E-state index is 8.88. The Morgan fingerprint density at radius 1 is 1.41 bits per heavy atom. The molecule has 0 aliphatic heterocycles. The van der Waals surface area contributed by atoms with Gasteiger partial charge in [-0.2, -0.15) is 5.26 Å². The molecule has 0 aliphatic carbocycles. The highest BCUT2D eigenvalue weighted by Crippen LogP contribution is 2.24. The number of nitrogens with zero attached hydrogens (tertiary/aromatic N) is 2. The molecule has 4 heteroatoms. The normalized spacial score (nSPS) is 9.88. The topological polar surface area (TPSA) is 68.8 Å². The predicted molar refractivity (Wildman–Crippen MR) is 68.5 cm³/mol. The largest absolute Gasteiger partial charge is 0.397 e. The molecular formula is C13H14N4. The van der Waals surface area contributed by atoms with Crippen LogP contribution in [0.4, 0.5) is 11.4 Å². The van der Waals surface area contributed by atoms with Crippen molar-refractivity contribution in [2.24, 2.45) is 0 Å². The fourth-order valence-electron chi connectivity index (χ4n) is 1.76. The summed E-state index contributed by atoms with van der Waals surface area (Å²) in [4.78, 5) is 5.04. The summed E-state index contributed by atoms with van der Waals surface area (Å²) in [5, 5.41) is 8.88. The average Bonchev–Trinajstić information content (AvgIpc) is 2.82. The van der Waals surface area contributed by atoms with Gasteiger partial charge >= 0.3 is 0 Å². The second kappa shape index (κ2) is 4.62. The van der Waals surface area contributed by atoms with Crippen LogP contribution >= 0.6 is 0 Å². The van der Waals surface area contributed by atoms with Gasteiger partial charge in [0.15, 0.2) is 0 Å². The quantitative estimate of drug-likeness (QED) is 0.787. The minimum absolute atomic E-state index is 0.620. The Morgan fingerprint density at radius 3 is 2.88 bits per heavy atom. The van der Waals surface area contributed by atoms with E-state index in [0.717, 1.165) is 12.2 Å². The SMILES string of the molecule is CN(Cc1cc[nH]c1)c1cc(C#N)ccc1N. The van der Waals surface area contributed by atoms with E-state index in [1.807, 2.05) is 36.5 Å². The first kappa shape index (κ1) is 11.1. The van der Waals surface area contributed by atoms with Gasteiger partial charge in [-0.25, -0.2) is 0 Å². The summed E-state index contributed by atoms with van der Waals surface area (Å²) >= 11 is 0. The van der Waals surface area contributed by atoms with Crippen LogP contribution in [0.3, 0.4) is 0 Å². The number of anilines is 2. The van der Waals surface area contributed by atoms with Crippen molar-refractivity contribution in [3.8, 4) is 6.07 Å². The molecule has 4 nitrogen and oxygen atoms in total. The lowest BCUT2D eigenvalue weighted by atomic mass is 10.1. The Labute approximate surface area is 100 Å². The van der Waals surface area contributed by atoms with Crippen molar-refractivity contribution in [2.75, 3.05) is 17.7 Å². The molecule has 0 radical (unpaired) electrons. The molecule has 2 aromatic rings. The number of nitrogens with two attached hydrogens (primary N) is 1. The summed E-state index contributed by atoms with van der Waals surface area (Å²) in [6.07, 6.45) is 3.83. The van der Waals surface area contributed by atoms with Crippen LogP contribution in [0.5, 0.6) is 0 Å². The molecule has 0 amide bonds. The fraction of sp³-hybridized carbons (Fsp3) is 0.154. The summed E-state index contributed by atoms with van der Waals surface area (Å²) in [5.41, 5.74) is 9.27. The van der Waals surface area contributed by atoms with Gasteiger partial charge < -0.3 is 15.6 Å². The number of nitrogen functional groups attached to an aromatic ring is 1. The van der Waals surface area contributed by atoms with Crippen LogP contribution in [0.15, 0.2) is 36.7 Å². The Kier molecular flexibility index (Phi) is 3.01. The molecule has 0 unspecified atom stereocenters. The molecule has 0 aliphatic rings. The molecule has 0 atom stereocenters. The monoisotopic (exact) mass is 226 g/mol. The lowest BCUT2D eigenvalue weighted by Crippen LogP contribution is -2.17. The number of nitrogens with one attached hydrogen (secondary N) is 1. The van der Waals surface area contributed by atoms with Gasteiger partial charge in [-0.1, -0.05) is 0 Å². The molecule has 17 heavy (non-hydrogen) atoms. The molecular weight excluding hydrogens is 212 g/mol. The van der Waals surface area contributed by atoms with Crippen LogP contribution in [0, 0.1) is 11.3 Å². The van der Waals surface area contributed by atoms with Crippen molar-refractivity contribution >= 4 is 11.4 Å². The molecule has 0 fully saturated rings. The fourth-order valence-corrected chi connectivity index (χ4v) is 1.76. The van der Waals surface area contributed by atoms with E-state index in [1.54, 1.807) is 12.1 Å². The standard InChI is InChI=1S/C13H14N4/c1-17(9-11-4-5-16-8-11)13-6-10(7-14)2-3-12(13)15/h2-6,8,16H,9,15H2,1H3. The number of aromatic nitrogens is 1. The highest BCUT2D eigenvalue weighted by Gasteiger charge is 2.07. The second-order valence-electron chi connectivity index (χ2n) is 3.96. The zero-order valence-corrected chi connectivity index (χ0v) is 9.64. The molecule has 2 rings (SSSR count). The Hall–Kier alpha value is -2.41. The summed E-state index contributed by atoms with van der Waals surface area (Å²) < 4.78 is 0. The van der Waals surface area contributed by atoms with Crippen molar-refractivity contribution in [3.63, 3.8) is 0 Å². The molecule has 1 aromatic carbocycles. The molecule has 0 saturated carbocycles. The van der Waals surface area contributed by atoms with Crippen LogP contribution in [0.25, 0.3) is 0 Å². The van der Waals surface area contributed by atoms with E-state index in [4.69, 9.17) is 11.0 Å². The summed E-state index contributed by atoms with van der Waals surface area (Å²) in [7, 11) is 1.96.